The van der Waals surface area contributed by atoms with Gasteiger partial charge >= 0.3 is 5.97 Å². The highest BCUT2D eigenvalue weighted by Gasteiger charge is 2.31. The van der Waals surface area contributed by atoms with E-state index in [-0.39, 0.29) is 29.4 Å². The van der Waals surface area contributed by atoms with Gasteiger partial charge in [0.15, 0.2) is 0 Å². The molecule has 1 amide bonds. The largest absolute Gasteiger partial charge is 0.487 e. The van der Waals surface area contributed by atoms with E-state index in [1.54, 1.807) is 9.47 Å². The van der Waals surface area contributed by atoms with E-state index in [1.807, 2.05) is 17.5 Å². The highest BCUT2D eigenvalue weighted by molar-refractivity contribution is 7.09. The van der Waals surface area contributed by atoms with Gasteiger partial charge in [-0.05, 0) is 24.3 Å². The second-order valence-corrected chi connectivity index (χ2v) is 8.29. The molecule has 2 aromatic rings. The molecular weight excluding hydrogens is 408 g/mol. The molecule has 0 bridgehead atoms. The van der Waals surface area contributed by atoms with E-state index >= 15 is 0 Å². The third kappa shape index (κ3) is 4.13. The van der Waals surface area contributed by atoms with Crippen molar-refractivity contribution in [2.24, 2.45) is 0 Å². The SMILES string of the molecule is COC(=O)c1c(OCc2cccs2)cc(=O)n2c1CCN(C(=O)C1CCCO1)CC2. The van der Waals surface area contributed by atoms with E-state index < -0.39 is 12.1 Å². The minimum absolute atomic E-state index is 0.0536. The Kier molecular flexibility index (Phi) is 6.19. The summed E-state index contributed by atoms with van der Waals surface area (Å²) in [5, 5.41) is 1.94. The molecule has 2 aliphatic rings. The van der Waals surface area contributed by atoms with Crippen LogP contribution in [-0.4, -0.2) is 54.3 Å². The number of thiophene rings is 1. The predicted molar refractivity (Wildman–Crippen MR) is 110 cm³/mol. The van der Waals surface area contributed by atoms with Crippen LogP contribution in [0.3, 0.4) is 0 Å². The predicted octanol–water partition coefficient (Wildman–Crippen LogP) is 1.84. The number of carbonyl (C=O) groups excluding carboxylic acids is 2. The van der Waals surface area contributed by atoms with Gasteiger partial charge in [-0.25, -0.2) is 4.79 Å². The summed E-state index contributed by atoms with van der Waals surface area (Å²) < 4.78 is 17.9. The summed E-state index contributed by atoms with van der Waals surface area (Å²) in [7, 11) is 1.30. The average Bonchev–Trinajstić information content (AvgIpc) is 3.42. The number of rotatable bonds is 5. The number of pyridine rings is 1. The summed E-state index contributed by atoms with van der Waals surface area (Å²) in [6, 6.07) is 5.17. The Hall–Kier alpha value is -2.65. The van der Waals surface area contributed by atoms with Crippen LogP contribution in [0.2, 0.25) is 0 Å². The van der Waals surface area contributed by atoms with E-state index in [1.165, 1.54) is 24.5 Å². The minimum atomic E-state index is -0.557. The van der Waals surface area contributed by atoms with Gasteiger partial charge in [0.2, 0.25) is 0 Å². The lowest BCUT2D eigenvalue weighted by Crippen LogP contribution is -2.40. The van der Waals surface area contributed by atoms with Crippen molar-refractivity contribution in [1.29, 1.82) is 0 Å². The summed E-state index contributed by atoms with van der Waals surface area (Å²) in [4.78, 5) is 40.9. The molecule has 1 fully saturated rings. The van der Waals surface area contributed by atoms with Crippen LogP contribution in [0.25, 0.3) is 0 Å². The van der Waals surface area contributed by atoms with Crippen molar-refractivity contribution in [2.75, 3.05) is 26.8 Å². The standard InChI is InChI=1S/C21H24N2O6S/c1-27-21(26)19-15-6-7-22(20(25)16-5-2-10-28-16)8-9-23(15)18(24)12-17(19)29-13-14-4-3-11-30-14/h3-4,11-12,16H,2,5-10,13H2,1H3. The van der Waals surface area contributed by atoms with Gasteiger partial charge in [0, 0.05) is 49.3 Å². The summed E-state index contributed by atoms with van der Waals surface area (Å²) >= 11 is 1.53. The zero-order chi connectivity index (χ0) is 21.1. The molecule has 4 heterocycles. The second kappa shape index (κ2) is 9.01. The minimum Gasteiger partial charge on any atom is -0.487 e. The van der Waals surface area contributed by atoms with Crippen LogP contribution in [-0.2, 0) is 33.8 Å². The molecule has 9 heteroatoms. The molecule has 30 heavy (non-hydrogen) atoms. The number of ether oxygens (including phenoxy) is 3. The highest BCUT2D eigenvalue weighted by Crippen LogP contribution is 2.26. The molecule has 0 N–H and O–H groups in total. The number of carbonyl (C=O) groups is 2. The van der Waals surface area contributed by atoms with Crippen molar-refractivity contribution in [3.8, 4) is 5.75 Å². The maximum atomic E-state index is 12.8. The van der Waals surface area contributed by atoms with Crippen molar-refractivity contribution in [3.05, 3.63) is 50.1 Å². The summed E-state index contributed by atoms with van der Waals surface area (Å²) in [5.74, 6) is -0.397. The average molecular weight is 432 g/mol. The number of hydrogen-bond donors (Lipinski definition) is 0. The maximum absolute atomic E-state index is 12.8. The molecule has 1 saturated heterocycles. The normalized spacial score (nSPS) is 18.6. The van der Waals surface area contributed by atoms with Crippen LogP contribution < -0.4 is 10.3 Å². The third-order valence-corrected chi connectivity index (χ3v) is 6.30. The lowest BCUT2D eigenvalue weighted by atomic mass is 10.1. The number of fused-ring (bicyclic) bond motifs is 1. The van der Waals surface area contributed by atoms with Crippen LogP contribution in [0.15, 0.2) is 28.4 Å². The smallest absolute Gasteiger partial charge is 0.343 e. The van der Waals surface area contributed by atoms with Crippen molar-refractivity contribution >= 4 is 23.2 Å². The molecule has 1 unspecified atom stereocenters. The van der Waals surface area contributed by atoms with Crippen molar-refractivity contribution < 1.29 is 23.8 Å². The number of hydrogen-bond acceptors (Lipinski definition) is 7. The zero-order valence-electron chi connectivity index (χ0n) is 16.8. The lowest BCUT2D eigenvalue weighted by Gasteiger charge is -2.23. The van der Waals surface area contributed by atoms with Gasteiger partial charge in [-0.3, -0.25) is 9.59 Å². The van der Waals surface area contributed by atoms with Gasteiger partial charge in [-0.1, -0.05) is 6.07 Å². The second-order valence-electron chi connectivity index (χ2n) is 7.26. The molecular formula is C21H24N2O6S. The molecule has 8 nitrogen and oxygen atoms in total. The molecule has 0 aromatic carbocycles. The Labute approximate surface area is 178 Å². The fraction of sp³-hybridized carbons (Fsp3) is 0.476. The van der Waals surface area contributed by atoms with Gasteiger partial charge in [0.25, 0.3) is 11.5 Å². The number of aromatic nitrogens is 1. The summed E-state index contributed by atoms with van der Waals surface area (Å²) in [6.45, 7) is 1.95. The first-order chi connectivity index (χ1) is 14.6. The molecule has 160 valence electrons. The van der Waals surface area contributed by atoms with Crippen molar-refractivity contribution in [2.45, 2.75) is 38.5 Å². The monoisotopic (exact) mass is 432 g/mol. The van der Waals surface area contributed by atoms with Crippen molar-refractivity contribution in [3.63, 3.8) is 0 Å². The highest BCUT2D eigenvalue weighted by atomic mass is 32.1. The van der Waals surface area contributed by atoms with Gasteiger partial charge in [-0.15, -0.1) is 11.3 Å². The fourth-order valence-corrected chi connectivity index (χ4v) is 4.54. The van der Waals surface area contributed by atoms with Crippen LogP contribution in [0.4, 0.5) is 0 Å². The van der Waals surface area contributed by atoms with Crippen LogP contribution in [0, 0.1) is 0 Å². The first kappa shape index (κ1) is 20.6. The first-order valence-electron chi connectivity index (χ1n) is 9.99. The number of methoxy groups -OCH3 is 1. The topological polar surface area (TPSA) is 87.1 Å². The van der Waals surface area contributed by atoms with E-state index in [2.05, 4.69) is 0 Å². The van der Waals surface area contributed by atoms with E-state index in [0.29, 0.717) is 38.4 Å². The van der Waals surface area contributed by atoms with Crippen LogP contribution >= 0.6 is 11.3 Å². The zero-order valence-corrected chi connectivity index (χ0v) is 17.6. The number of amides is 1. The van der Waals surface area contributed by atoms with Gasteiger partial charge in [-0.2, -0.15) is 0 Å². The summed E-state index contributed by atoms with van der Waals surface area (Å²) in [5.41, 5.74) is 0.531. The quantitative estimate of drug-likeness (QED) is 0.670. The Bertz CT molecular complexity index is 978. The van der Waals surface area contributed by atoms with Crippen molar-refractivity contribution in [1.82, 2.24) is 9.47 Å². The molecule has 2 aliphatic heterocycles. The molecule has 0 radical (unpaired) electrons. The van der Waals surface area contributed by atoms with Crippen LogP contribution in [0.1, 0.15) is 33.8 Å². The van der Waals surface area contributed by atoms with Gasteiger partial charge in [0.05, 0.1) is 7.11 Å². The van der Waals surface area contributed by atoms with E-state index in [0.717, 1.165) is 17.7 Å². The Balaban J connectivity index is 1.62. The third-order valence-electron chi connectivity index (χ3n) is 5.45. The molecule has 2 aromatic heterocycles. The molecule has 0 aliphatic carbocycles. The van der Waals surface area contributed by atoms with Crippen LogP contribution in [0.5, 0.6) is 5.75 Å². The molecule has 0 spiro atoms. The number of nitrogens with zero attached hydrogens (tertiary/aromatic N) is 2. The Morgan fingerprint density at radius 1 is 1.30 bits per heavy atom. The molecule has 4 rings (SSSR count). The Morgan fingerprint density at radius 3 is 2.87 bits per heavy atom. The fourth-order valence-electron chi connectivity index (χ4n) is 3.93. The first-order valence-corrected chi connectivity index (χ1v) is 10.9. The van der Waals surface area contributed by atoms with Gasteiger partial charge in [0.1, 0.15) is 24.0 Å². The molecule has 1 atom stereocenters. The van der Waals surface area contributed by atoms with E-state index in [4.69, 9.17) is 14.2 Å². The summed E-state index contributed by atoms with van der Waals surface area (Å²) in [6.07, 6.45) is 1.54. The van der Waals surface area contributed by atoms with E-state index in [9.17, 15) is 14.4 Å². The van der Waals surface area contributed by atoms with Gasteiger partial charge < -0.3 is 23.7 Å². The lowest BCUT2D eigenvalue weighted by molar-refractivity contribution is -0.140. The number of esters is 1. The molecule has 0 saturated carbocycles. The Morgan fingerprint density at radius 2 is 2.17 bits per heavy atom. The maximum Gasteiger partial charge on any atom is 0.343 e.